The Morgan fingerprint density at radius 2 is 1.75 bits per heavy atom. The minimum Gasteiger partial charge on any atom is -0.504 e. The summed E-state index contributed by atoms with van der Waals surface area (Å²) in [6.07, 6.45) is 1.64. The zero-order valence-corrected chi connectivity index (χ0v) is 15.3. The number of nitrogens with one attached hydrogen (secondary N) is 2. The van der Waals surface area contributed by atoms with Crippen LogP contribution >= 0.6 is 0 Å². The van der Waals surface area contributed by atoms with Gasteiger partial charge >= 0.3 is 0 Å². The van der Waals surface area contributed by atoms with E-state index >= 15 is 0 Å². The van der Waals surface area contributed by atoms with Gasteiger partial charge in [0, 0.05) is 25.6 Å². The Balaban J connectivity index is 1.92. The van der Waals surface area contributed by atoms with Crippen LogP contribution in [-0.4, -0.2) is 28.3 Å². The Morgan fingerprint density at radius 1 is 0.964 bits per heavy atom. The predicted molar refractivity (Wildman–Crippen MR) is 101 cm³/mol. The monoisotopic (exact) mass is 384 g/mol. The fourth-order valence-corrected chi connectivity index (χ4v) is 2.74. The van der Waals surface area contributed by atoms with Gasteiger partial charge in [0.25, 0.3) is 0 Å². The molecule has 0 bridgehead atoms. The molecule has 2 aromatic rings. The van der Waals surface area contributed by atoms with Crippen molar-refractivity contribution in [2.45, 2.75) is 26.2 Å². The highest BCUT2D eigenvalue weighted by Crippen LogP contribution is 2.41. The number of phenols is 2. The number of phenolic OH excluding ortho intramolecular Hbond substituents is 2. The van der Waals surface area contributed by atoms with Crippen LogP contribution in [0.4, 0.5) is 0 Å². The van der Waals surface area contributed by atoms with Crippen molar-refractivity contribution < 1.29 is 29.3 Å². The molecule has 3 rings (SSSR count). The van der Waals surface area contributed by atoms with Crippen molar-refractivity contribution in [2.24, 2.45) is 0 Å². The van der Waals surface area contributed by atoms with Crippen molar-refractivity contribution in [2.75, 3.05) is 0 Å². The number of amides is 2. The fourth-order valence-electron chi connectivity index (χ4n) is 2.74. The van der Waals surface area contributed by atoms with E-state index in [1.54, 1.807) is 30.3 Å². The van der Waals surface area contributed by atoms with Crippen molar-refractivity contribution >= 4 is 17.9 Å². The summed E-state index contributed by atoms with van der Waals surface area (Å²) < 4.78 is 11.9. The number of hydrogen-bond acceptors (Lipinski definition) is 6. The Kier molecular flexibility index (Phi) is 5.39. The molecule has 0 saturated heterocycles. The van der Waals surface area contributed by atoms with Gasteiger partial charge in [-0.3, -0.25) is 9.59 Å². The molecule has 0 aliphatic carbocycles. The van der Waals surface area contributed by atoms with Crippen LogP contribution in [0, 0.1) is 0 Å². The zero-order valence-electron chi connectivity index (χ0n) is 15.3. The van der Waals surface area contributed by atoms with E-state index in [9.17, 15) is 19.8 Å². The van der Waals surface area contributed by atoms with E-state index in [1.165, 1.54) is 32.2 Å². The molecule has 146 valence electrons. The van der Waals surface area contributed by atoms with E-state index in [4.69, 9.17) is 9.47 Å². The SMILES string of the molecule is CC(=O)N/C=C/c1ccc2c(c1)O[C@H](c1ccc(O)c(O)c1)[C@@H](NC(C)=O)O2. The molecule has 0 saturated carbocycles. The van der Waals surface area contributed by atoms with Gasteiger partial charge in [-0.05, 0) is 35.9 Å². The number of fused-ring (bicyclic) bond motifs is 1. The van der Waals surface area contributed by atoms with E-state index in [2.05, 4.69) is 10.6 Å². The molecular formula is C20H20N2O6. The van der Waals surface area contributed by atoms with Gasteiger partial charge in [-0.25, -0.2) is 0 Å². The van der Waals surface area contributed by atoms with Crippen molar-refractivity contribution in [3.8, 4) is 23.0 Å². The minimum absolute atomic E-state index is 0.181. The van der Waals surface area contributed by atoms with Gasteiger partial charge in [-0.15, -0.1) is 0 Å². The average Bonchev–Trinajstić information content (AvgIpc) is 2.63. The van der Waals surface area contributed by atoms with Crippen molar-refractivity contribution in [3.63, 3.8) is 0 Å². The summed E-state index contributed by atoms with van der Waals surface area (Å²) in [4.78, 5) is 22.5. The lowest BCUT2D eigenvalue weighted by Crippen LogP contribution is -2.46. The van der Waals surface area contributed by atoms with Gasteiger partial charge in [0.1, 0.15) is 0 Å². The number of benzene rings is 2. The first-order chi connectivity index (χ1) is 13.3. The quantitative estimate of drug-likeness (QED) is 0.601. The lowest BCUT2D eigenvalue weighted by Gasteiger charge is -2.34. The minimum atomic E-state index is -0.824. The predicted octanol–water partition coefficient (Wildman–Crippen LogP) is 2.18. The highest BCUT2D eigenvalue weighted by atomic mass is 16.6. The molecule has 28 heavy (non-hydrogen) atoms. The zero-order chi connectivity index (χ0) is 20.3. The first-order valence-electron chi connectivity index (χ1n) is 8.53. The van der Waals surface area contributed by atoms with Gasteiger partial charge in [0.05, 0.1) is 0 Å². The van der Waals surface area contributed by atoms with E-state index in [1.807, 2.05) is 0 Å². The molecule has 0 radical (unpaired) electrons. The molecule has 1 aliphatic rings. The summed E-state index contributed by atoms with van der Waals surface area (Å²) in [6.45, 7) is 2.77. The summed E-state index contributed by atoms with van der Waals surface area (Å²) in [5, 5.41) is 24.6. The van der Waals surface area contributed by atoms with Gasteiger partial charge < -0.3 is 30.3 Å². The maximum Gasteiger partial charge on any atom is 0.220 e. The second-order valence-corrected chi connectivity index (χ2v) is 6.27. The largest absolute Gasteiger partial charge is 0.504 e. The first kappa shape index (κ1) is 19.1. The highest BCUT2D eigenvalue weighted by molar-refractivity contribution is 5.75. The molecule has 4 N–H and O–H groups in total. The standard InChI is InChI=1S/C20H20N2O6/c1-11(23)21-8-7-13-3-6-17-18(9-13)27-19(20(28-17)22-12(2)24)14-4-5-15(25)16(26)10-14/h3-10,19-20,25-26H,1-2H3,(H,21,23)(H,22,24)/b8-7+/t19-,20+/m1/s1. The van der Waals surface area contributed by atoms with Gasteiger partial charge in [0.15, 0.2) is 29.1 Å². The summed E-state index contributed by atoms with van der Waals surface area (Å²) in [5.41, 5.74) is 1.28. The molecule has 0 spiro atoms. The average molecular weight is 384 g/mol. The van der Waals surface area contributed by atoms with Crippen molar-refractivity contribution in [1.82, 2.24) is 10.6 Å². The third-order valence-corrected chi connectivity index (χ3v) is 3.99. The van der Waals surface area contributed by atoms with Crippen LogP contribution in [0.25, 0.3) is 6.08 Å². The molecule has 2 atom stereocenters. The smallest absolute Gasteiger partial charge is 0.220 e. The van der Waals surface area contributed by atoms with E-state index in [0.29, 0.717) is 17.1 Å². The molecular weight excluding hydrogens is 364 g/mol. The molecule has 1 aliphatic heterocycles. The second-order valence-electron chi connectivity index (χ2n) is 6.27. The van der Waals surface area contributed by atoms with Crippen molar-refractivity contribution in [1.29, 1.82) is 0 Å². The van der Waals surface area contributed by atoms with Gasteiger partial charge in [-0.1, -0.05) is 12.1 Å². The highest BCUT2D eigenvalue weighted by Gasteiger charge is 2.34. The van der Waals surface area contributed by atoms with E-state index in [0.717, 1.165) is 5.56 Å². The lowest BCUT2D eigenvalue weighted by atomic mass is 10.1. The maximum absolute atomic E-state index is 11.6. The molecule has 2 aromatic carbocycles. The molecule has 8 nitrogen and oxygen atoms in total. The summed E-state index contributed by atoms with van der Waals surface area (Å²) in [5.74, 6) is -0.180. The second kappa shape index (κ2) is 7.91. The fraction of sp³-hybridized carbons (Fsp3) is 0.200. The third kappa shape index (κ3) is 4.35. The Hall–Kier alpha value is -3.68. The van der Waals surface area contributed by atoms with Crippen LogP contribution in [0.3, 0.4) is 0 Å². The number of carbonyl (C=O) groups is 2. The Bertz CT molecular complexity index is 940. The van der Waals surface area contributed by atoms with Crippen LogP contribution in [-0.2, 0) is 9.59 Å². The van der Waals surface area contributed by atoms with Crippen LogP contribution in [0.15, 0.2) is 42.6 Å². The number of ether oxygens (including phenoxy) is 2. The molecule has 0 unspecified atom stereocenters. The lowest BCUT2D eigenvalue weighted by molar-refractivity contribution is -0.124. The number of hydrogen-bond donors (Lipinski definition) is 4. The Labute approximate surface area is 161 Å². The first-order valence-corrected chi connectivity index (χ1v) is 8.53. The summed E-state index contributed by atoms with van der Waals surface area (Å²) in [7, 11) is 0. The maximum atomic E-state index is 11.6. The van der Waals surface area contributed by atoms with E-state index in [-0.39, 0.29) is 23.3 Å². The topological polar surface area (TPSA) is 117 Å². The van der Waals surface area contributed by atoms with Crippen molar-refractivity contribution in [3.05, 3.63) is 53.7 Å². The van der Waals surface area contributed by atoms with Crippen LogP contribution in [0.5, 0.6) is 23.0 Å². The van der Waals surface area contributed by atoms with Crippen LogP contribution in [0.2, 0.25) is 0 Å². The number of rotatable bonds is 4. The Morgan fingerprint density at radius 3 is 2.43 bits per heavy atom. The van der Waals surface area contributed by atoms with E-state index < -0.39 is 12.3 Å². The van der Waals surface area contributed by atoms with Crippen LogP contribution < -0.4 is 20.1 Å². The summed E-state index contributed by atoms with van der Waals surface area (Å²) in [6, 6.07) is 9.46. The molecule has 8 heteroatoms. The van der Waals surface area contributed by atoms with Gasteiger partial charge in [0.2, 0.25) is 18.0 Å². The molecule has 0 fully saturated rings. The third-order valence-electron chi connectivity index (χ3n) is 3.99. The summed E-state index contributed by atoms with van der Waals surface area (Å²) >= 11 is 0. The molecule has 1 heterocycles. The molecule has 0 aromatic heterocycles. The molecule has 2 amide bonds. The number of aromatic hydroxyl groups is 2. The van der Waals surface area contributed by atoms with Crippen LogP contribution in [0.1, 0.15) is 31.1 Å². The van der Waals surface area contributed by atoms with Gasteiger partial charge in [-0.2, -0.15) is 0 Å². The normalized spacial score (nSPS) is 17.9. The number of carbonyl (C=O) groups excluding carboxylic acids is 2.